The van der Waals surface area contributed by atoms with E-state index in [1.165, 1.54) is 27.1 Å². The molecule has 0 aromatic heterocycles. The van der Waals surface area contributed by atoms with Crippen molar-refractivity contribution in [1.82, 2.24) is 0 Å². The molecule has 2 atom stereocenters. The van der Waals surface area contributed by atoms with E-state index >= 15 is 0 Å². The Morgan fingerprint density at radius 3 is 2.65 bits per heavy atom. The first-order valence-electron chi connectivity index (χ1n) is 7.22. The standard InChI is InChI=1S/C18H21NS/c1-12-7-9-15(11-13(12)2)20-17-10-8-14-5-3-4-6-16(14)18(17)19/h3-7,9,11,17-18H,8,10,19H2,1-2H3. The first kappa shape index (κ1) is 13.7. The summed E-state index contributed by atoms with van der Waals surface area (Å²) in [7, 11) is 0. The Kier molecular flexibility index (Phi) is 3.86. The molecule has 0 saturated heterocycles. The van der Waals surface area contributed by atoms with E-state index in [1.54, 1.807) is 0 Å². The van der Waals surface area contributed by atoms with E-state index in [0.29, 0.717) is 5.25 Å². The van der Waals surface area contributed by atoms with Crippen LogP contribution >= 0.6 is 11.8 Å². The van der Waals surface area contributed by atoms with Crippen molar-refractivity contribution < 1.29 is 0 Å². The molecule has 2 unspecified atom stereocenters. The van der Waals surface area contributed by atoms with Gasteiger partial charge in [0.15, 0.2) is 0 Å². The first-order valence-corrected chi connectivity index (χ1v) is 8.10. The van der Waals surface area contributed by atoms with Crippen LogP contribution in [0, 0.1) is 13.8 Å². The predicted molar refractivity (Wildman–Crippen MR) is 87.3 cm³/mol. The first-order chi connectivity index (χ1) is 9.65. The van der Waals surface area contributed by atoms with Crippen LogP contribution in [0.5, 0.6) is 0 Å². The van der Waals surface area contributed by atoms with E-state index in [1.807, 2.05) is 11.8 Å². The predicted octanol–water partition coefficient (Wildman–Crippen LogP) is 4.41. The number of thioether (sulfide) groups is 1. The second kappa shape index (κ2) is 5.63. The third-order valence-corrected chi connectivity index (χ3v) is 5.64. The summed E-state index contributed by atoms with van der Waals surface area (Å²) in [5.41, 5.74) is 12.0. The summed E-state index contributed by atoms with van der Waals surface area (Å²) in [6.45, 7) is 4.34. The van der Waals surface area contributed by atoms with Crippen molar-refractivity contribution >= 4 is 11.8 Å². The molecule has 0 spiro atoms. The van der Waals surface area contributed by atoms with Crippen molar-refractivity contribution in [3.05, 3.63) is 64.7 Å². The van der Waals surface area contributed by atoms with Crippen LogP contribution in [0.4, 0.5) is 0 Å². The third kappa shape index (κ3) is 2.63. The molecule has 0 radical (unpaired) electrons. The molecular weight excluding hydrogens is 262 g/mol. The van der Waals surface area contributed by atoms with Gasteiger partial charge < -0.3 is 5.73 Å². The van der Waals surface area contributed by atoms with Gasteiger partial charge in [-0.1, -0.05) is 30.3 Å². The third-order valence-electron chi connectivity index (χ3n) is 4.28. The Morgan fingerprint density at radius 1 is 1.05 bits per heavy atom. The fraction of sp³-hybridized carbons (Fsp3) is 0.333. The summed E-state index contributed by atoms with van der Waals surface area (Å²) in [6, 6.07) is 15.5. The molecule has 0 bridgehead atoms. The average Bonchev–Trinajstić information content (AvgIpc) is 2.46. The van der Waals surface area contributed by atoms with E-state index in [4.69, 9.17) is 5.73 Å². The zero-order chi connectivity index (χ0) is 14.1. The van der Waals surface area contributed by atoms with Crippen LogP contribution in [0.2, 0.25) is 0 Å². The molecule has 104 valence electrons. The quantitative estimate of drug-likeness (QED) is 0.883. The highest BCUT2D eigenvalue weighted by Gasteiger charge is 2.27. The second-order valence-corrected chi connectivity index (χ2v) is 6.98. The Balaban J connectivity index is 1.81. The van der Waals surface area contributed by atoms with Gasteiger partial charge in [-0.15, -0.1) is 11.8 Å². The van der Waals surface area contributed by atoms with Crippen molar-refractivity contribution in [2.24, 2.45) is 5.73 Å². The van der Waals surface area contributed by atoms with Crippen LogP contribution in [0.3, 0.4) is 0 Å². The Hall–Kier alpha value is -1.25. The molecule has 1 nitrogen and oxygen atoms in total. The smallest absolute Gasteiger partial charge is 0.0421 e. The molecule has 2 aromatic rings. The van der Waals surface area contributed by atoms with E-state index in [2.05, 4.69) is 56.3 Å². The number of aryl methyl sites for hydroxylation is 3. The fourth-order valence-corrected chi connectivity index (χ4v) is 4.13. The Labute approximate surface area is 125 Å². The largest absolute Gasteiger partial charge is 0.323 e. The topological polar surface area (TPSA) is 26.0 Å². The maximum Gasteiger partial charge on any atom is 0.0421 e. The lowest BCUT2D eigenvalue weighted by Gasteiger charge is -2.30. The highest BCUT2D eigenvalue weighted by Crippen LogP contribution is 2.39. The molecule has 2 aromatic carbocycles. The number of benzene rings is 2. The maximum atomic E-state index is 6.49. The minimum atomic E-state index is 0.145. The van der Waals surface area contributed by atoms with Gasteiger partial charge in [0.2, 0.25) is 0 Å². The van der Waals surface area contributed by atoms with E-state index in [0.717, 1.165) is 12.8 Å². The van der Waals surface area contributed by atoms with Crippen LogP contribution < -0.4 is 5.73 Å². The van der Waals surface area contributed by atoms with Crippen LogP contribution in [0.15, 0.2) is 47.4 Å². The summed E-state index contributed by atoms with van der Waals surface area (Å²) >= 11 is 1.93. The molecule has 0 heterocycles. The van der Waals surface area contributed by atoms with Gasteiger partial charge in [0.05, 0.1) is 0 Å². The average molecular weight is 283 g/mol. The summed E-state index contributed by atoms with van der Waals surface area (Å²) in [4.78, 5) is 1.34. The van der Waals surface area contributed by atoms with Gasteiger partial charge in [0, 0.05) is 16.2 Å². The number of hydrogen-bond acceptors (Lipinski definition) is 2. The Bertz CT molecular complexity index is 621. The lowest BCUT2D eigenvalue weighted by atomic mass is 9.88. The van der Waals surface area contributed by atoms with Crippen molar-refractivity contribution in [2.45, 2.75) is 42.9 Å². The van der Waals surface area contributed by atoms with E-state index in [-0.39, 0.29) is 6.04 Å². The van der Waals surface area contributed by atoms with Gasteiger partial charge in [-0.2, -0.15) is 0 Å². The minimum absolute atomic E-state index is 0.145. The molecule has 0 saturated carbocycles. The highest BCUT2D eigenvalue weighted by molar-refractivity contribution is 8.00. The van der Waals surface area contributed by atoms with Crippen LogP contribution in [0.25, 0.3) is 0 Å². The zero-order valence-corrected chi connectivity index (χ0v) is 12.9. The van der Waals surface area contributed by atoms with Gasteiger partial charge in [-0.05, 0) is 61.1 Å². The number of nitrogens with two attached hydrogens (primary N) is 1. The monoisotopic (exact) mass is 283 g/mol. The minimum Gasteiger partial charge on any atom is -0.323 e. The molecule has 0 amide bonds. The van der Waals surface area contributed by atoms with Crippen molar-refractivity contribution in [3.8, 4) is 0 Å². The maximum absolute atomic E-state index is 6.49. The van der Waals surface area contributed by atoms with Crippen LogP contribution in [0.1, 0.15) is 34.7 Å². The van der Waals surface area contributed by atoms with Gasteiger partial charge in [0.25, 0.3) is 0 Å². The molecule has 20 heavy (non-hydrogen) atoms. The van der Waals surface area contributed by atoms with Crippen molar-refractivity contribution in [2.75, 3.05) is 0 Å². The lowest BCUT2D eigenvalue weighted by Crippen LogP contribution is -2.29. The molecule has 0 aliphatic heterocycles. The number of rotatable bonds is 2. The SMILES string of the molecule is Cc1ccc(SC2CCc3ccccc3C2N)cc1C. The van der Waals surface area contributed by atoms with Gasteiger partial charge >= 0.3 is 0 Å². The normalized spacial score (nSPS) is 21.6. The molecular formula is C18H21NS. The fourth-order valence-electron chi connectivity index (χ4n) is 2.86. The molecule has 3 rings (SSSR count). The summed E-state index contributed by atoms with van der Waals surface area (Å²) in [5, 5.41) is 0.479. The second-order valence-electron chi connectivity index (χ2n) is 5.67. The van der Waals surface area contributed by atoms with Crippen LogP contribution in [-0.4, -0.2) is 5.25 Å². The molecule has 1 aliphatic carbocycles. The summed E-state index contributed by atoms with van der Waals surface area (Å²) in [5.74, 6) is 0. The van der Waals surface area contributed by atoms with Crippen molar-refractivity contribution in [1.29, 1.82) is 0 Å². The zero-order valence-electron chi connectivity index (χ0n) is 12.1. The van der Waals surface area contributed by atoms with Gasteiger partial charge in [0.1, 0.15) is 0 Å². The number of hydrogen-bond donors (Lipinski definition) is 1. The Morgan fingerprint density at radius 2 is 1.85 bits per heavy atom. The summed E-state index contributed by atoms with van der Waals surface area (Å²) < 4.78 is 0. The molecule has 2 heteroatoms. The highest BCUT2D eigenvalue weighted by atomic mass is 32.2. The molecule has 1 aliphatic rings. The lowest BCUT2D eigenvalue weighted by molar-refractivity contribution is 0.587. The van der Waals surface area contributed by atoms with Crippen molar-refractivity contribution in [3.63, 3.8) is 0 Å². The van der Waals surface area contributed by atoms with E-state index in [9.17, 15) is 0 Å². The molecule has 0 fully saturated rings. The van der Waals surface area contributed by atoms with Gasteiger partial charge in [-0.3, -0.25) is 0 Å². The number of fused-ring (bicyclic) bond motifs is 1. The van der Waals surface area contributed by atoms with Gasteiger partial charge in [-0.25, -0.2) is 0 Å². The summed E-state index contributed by atoms with van der Waals surface area (Å²) in [6.07, 6.45) is 2.31. The van der Waals surface area contributed by atoms with E-state index < -0.39 is 0 Å². The van der Waals surface area contributed by atoms with Crippen LogP contribution in [-0.2, 0) is 6.42 Å². The molecule has 2 N–H and O–H groups in total.